The average Bonchev–Trinajstić information content (AvgIpc) is 2.75. The summed E-state index contributed by atoms with van der Waals surface area (Å²) in [5.74, 6) is 2.58. The lowest BCUT2D eigenvalue weighted by Gasteiger charge is -2.12. The van der Waals surface area contributed by atoms with Gasteiger partial charge in [0, 0.05) is 6.42 Å². The van der Waals surface area contributed by atoms with Crippen LogP contribution < -0.4 is 0 Å². The number of thioether (sulfide) groups is 1. The minimum atomic E-state index is 0.290. The second-order valence-corrected chi connectivity index (χ2v) is 10.4. The molecule has 1 rings (SSSR count). The van der Waals surface area contributed by atoms with Gasteiger partial charge in [-0.05, 0) is 59.1 Å². The van der Waals surface area contributed by atoms with Crippen LogP contribution in [0.5, 0.6) is 0 Å². The van der Waals surface area contributed by atoms with Crippen LogP contribution in [0.1, 0.15) is 95.6 Å². The SMILES string of the molecule is CCCCCCCCSc1c(CC)c(CC)cccc[s+](CCC)c1CC. The summed E-state index contributed by atoms with van der Waals surface area (Å²) < 4.78 is 0. The van der Waals surface area contributed by atoms with Crippen LogP contribution in [0, 0.1) is 0 Å². The van der Waals surface area contributed by atoms with Crippen molar-refractivity contribution in [3.63, 3.8) is 0 Å². The molecule has 154 valence electrons. The van der Waals surface area contributed by atoms with E-state index >= 15 is 0 Å². The van der Waals surface area contributed by atoms with Gasteiger partial charge in [-0.2, -0.15) is 0 Å². The molecule has 0 saturated heterocycles. The van der Waals surface area contributed by atoms with Crippen molar-refractivity contribution in [1.29, 1.82) is 0 Å². The van der Waals surface area contributed by atoms with Gasteiger partial charge in [-0.1, -0.05) is 78.9 Å². The predicted octanol–water partition coefficient (Wildman–Crippen LogP) is 9.11. The Labute approximate surface area is 176 Å². The van der Waals surface area contributed by atoms with Gasteiger partial charge in [-0.15, -0.1) is 11.8 Å². The van der Waals surface area contributed by atoms with Crippen LogP contribution >= 0.6 is 22.2 Å². The summed E-state index contributed by atoms with van der Waals surface area (Å²) in [5, 5.41) is 2.48. The van der Waals surface area contributed by atoms with Crippen LogP contribution in [0.4, 0.5) is 0 Å². The fraction of sp³-hybridized carbons (Fsp3) is 0.680. The maximum atomic E-state index is 2.48. The lowest BCUT2D eigenvalue weighted by molar-refractivity contribution is 0.627. The Balaban J connectivity index is 3.18. The molecule has 1 heterocycles. The van der Waals surface area contributed by atoms with Crippen molar-refractivity contribution in [3.8, 4) is 0 Å². The molecule has 0 nitrogen and oxygen atoms in total. The topological polar surface area (TPSA) is 0 Å². The molecule has 27 heavy (non-hydrogen) atoms. The smallest absolute Gasteiger partial charge is 0.121 e. The van der Waals surface area contributed by atoms with E-state index in [-0.39, 0.29) is 10.5 Å². The number of rotatable bonds is 13. The third-order valence-electron chi connectivity index (χ3n) is 5.11. The molecule has 1 atom stereocenters. The van der Waals surface area contributed by atoms with E-state index in [1.54, 1.807) is 20.9 Å². The fourth-order valence-electron chi connectivity index (χ4n) is 3.63. The Hall–Kier alpha value is -0.470. The summed E-state index contributed by atoms with van der Waals surface area (Å²) in [5.41, 5.74) is 3.17. The standard InChI is InChI=1S/C25H43S2/c1-6-11-12-13-14-16-19-26-25-23(9-4)22(8-3)18-15-17-21-27(20-7-2)24(25)10-5/h15,17-18,21H,6-14,16,19-20H2,1-5H3/q+1. The Morgan fingerprint density at radius 2 is 1.52 bits per heavy atom. The third-order valence-corrected chi connectivity index (χ3v) is 8.97. The van der Waals surface area contributed by atoms with Crippen molar-refractivity contribution in [1.82, 2.24) is 0 Å². The molecule has 0 bridgehead atoms. The van der Waals surface area contributed by atoms with E-state index in [4.69, 9.17) is 0 Å². The van der Waals surface area contributed by atoms with Crippen molar-refractivity contribution in [2.75, 3.05) is 5.75 Å². The molecule has 0 spiro atoms. The van der Waals surface area contributed by atoms with Gasteiger partial charge in [0.25, 0.3) is 0 Å². The van der Waals surface area contributed by atoms with E-state index in [0.29, 0.717) is 0 Å². The Morgan fingerprint density at radius 1 is 0.778 bits per heavy atom. The molecular weight excluding hydrogens is 364 g/mol. The largest absolute Gasteiger partial charge is 0.163 e. The van der Waals surface area contributed by atoms with Crippen molar-refractivity contribution < 1.29 is 0 Å². The molecule has 0 N–H and O–H groups in total. The Kier molecular flexibility index (Phi) is 14.1. The highest BCUT2D eigenvalue weighted by Gasteiger charge is 2.17. The lowest BCUT2D eigenvalue weighted by Crippen LogP contribution is -1.97. The summed E-state index contributed by atoms with van der Waals surface area (Å²) >= 11 is 2.17. The first-order valence-electron chi connectivity index (χ1n) is 11.4. The first-order valence-corrected chi connectivity index (χ1v) is 13.8. The Morgan fingerprint density at radius 3 is 2.15 bits per heavy atom. The first kappa shape index (κ1) is 24.6. The van der Waals surface area contributed by atoms with Crippen molar-refractivity contribution in [3.05, 3.63) is 39.6 Å². The lowest BCUT2D eigenvalue weighted by atomic mass is 10.0. The second-order valence-electron chi connectivity index (χ2n) is 7.25. The van der Waals surface area contributed by atoms with E-state index in [2.05, 4.69) is 70.0 Å². The molecule has 0 fully saturated rings. The third kappa shape index (κ3) is 8.60. The summed E-state index contributed by atoms with van der Waals surface area (Å²) in [6.07, 6.45) is 13.1. The summed E-state index contributed by atoms with van der Waals surface area (Å²) in [6, 6.07) is 6.95. The normalized spacial score (nSPS) is 11.5. The van der Waals surface area contributed by atoms with Gasteiger partial charge in [0.15, 0.2) is 4.88 Å². The van der Waals surface area contributed by atoms with Gasteiger partial charge in [0.2, 0.25) is 0 Å². The molecule has 1 unspecified atom stereocenters. The van der Waals surface area contributed by atoms with Crippen LogP contribution in [-0.4, -0.2) is 5.75 Å². The number of hydrogen-bond donors (Lipinski definition) is 0. The zero-order valence-corrected chi connectivity index (χ0v) is 20.2. The summed E-state index contributed by atoms with van der Waals surface area (Å²) in [4.78, 5) is 3.37. The van der Waals surface area contributed by atoms with Crippen molar-refractivity contribution >= 4 is 22.2 Å². The van der Waals surface area contributed by atoms with Crippen LogP contribution in [0.15, 0.2) is 28.5 Å². The zero-order chi connectivity index (χ0) is 19.9. The van der Waals surface area contributed by atoms with Gasteiger partial charge in [-0.25, -0.2) is 0 Å². The fourth-order valence-corrected chi connectivity index (χ4v) is 7.43. The molecule has 0 aromatic carbocycles. The van der Waals surface area contributed by atoms with E-state index < -0.39 is 0 Å². The van der Waals surface area contributed by atoms with Gasteiger partial charge in [-0.3, -0.25) is 0 Å². The minimum absolute atomic E-state index is 0.290. The Bertz CT molecular complexity index is 570. The average molecular weight is 408 g/mol. The summed E-state index contributed by atoms with van der Waals surface area (Å²) in [6.45, 7) is 11.7. The molecule has 0 aliphatic heterocycles. The molecule has 0 aliphatic carbocycles. The van der Waals surface area contributed by atoms with Crippen LogP contribution in [0.25, 0.3) is 0 Å². The predicted molar refractivity (Wildman–Crippen MR) is 129 cm³/mol. The van der Waals surface area contributed by atoms with Crippen molar-refractivity contribution in [2.45, 2.75) is 109 Å². The minimum Gasteiger partial charge on any atom is -0.121 e. The maximum Gasteiger partial charge on any atom is 0.163 e. The second kappa shape index (κ2) is 15.5. The number of hydrogen-bond acceptors (Lipinski definition) is 1. The van der Waals surface area contributed by atoms with Gasteiger partial charge in [0.05, 0.1) is 4.90 Å². The van der Waals surface area contributed by atoms with E-state index in [1.165, 1.54) is 62.9 Å². The molecular formula is C25H43S2+. The van der Waals surface area contributed by atoms with Gasteiger partial charge in [0.1, 0.15) is 11.1 Å². The quantitative estimate of drug-likeness (QED) is 0.178. The molecule has 0 saturated carbocycles. The molecule has 1 aromatic heterocycles. The summed E-state index contributed by atoms with van der Waals surface area (Å²) in [7, 11) is 0.290. The highest BCUT2D eigenvalue weighted by Crippen LogP contribution is 2.37. The molecule has 0 aliphatic rings. The van der Waals surface area contributed by atoms with E-state index in [9.17, 15) is 0 Å². The zero-order valence-electron chi connectivity index (χ0n) is 18.6. The molecule has 0 amide bonds. The first-order chi connectivity index (χ1) is 13.2. The molecule has 1 aromatic rings. The maximum absolute atomic E-state index is 2.48. The molecule has 2 heteroatoms. The van der Waals surface area contributed by atoms with Gasteiger partial charge < -0.3 is 0 Å². The highest BCUT2D eigenvalue weighted by molar-refractivity contribution is 7.99. The highest BCUT2D eigenvalue weighted by atomic mass is 32.2. The van der Waals surface area contributed by atoms with E-state index in [1.807, 2.05) is 0 Å². The van der Waals surface area contributed by atoms with Crippen molar-refractivity contribution in [2.24, 2.45) is 0 Å². The number of unbranched alkanes of at least 4 members (excludes halogenated alkanes) is 5. The molecule has 0 radical (unpaired) electrons. The monoisotopic (exact) mass is 407 g/mol. The van der Waals surface area contributed by atoms with Crippen LogP contribution in [0.3, 0.4) is 0 Å². The van der Waals surface area contributed by atoms with E-state index in [0.717, 1.165) is 12.8 Å². The van der Waals surface area contributed by atoms with Gasteiger partial charge >= 0.3 is 0 Å². The number of aryl methyl sites for hydroxylation is 2. The van der Waals surface area contributed by atoms with Crippen LogP contribution in [-0.2, 0) is 25.0 Å². The van der Waals surface area contributed by atoms with Crippen LogP contribution in [0.2, 0.25) is 0 Å².